The van der Waals surface area contributed by atoms with Crippen LogP contribution in [0.5, 0.6) is 5.75 Å². The summed E-state index contributed by atoms with van der Waals surface area (Å²) in [6, 6.07) is 2.98. The molecule has 1 atom stereocenters. The lowest BCUT2D eigenvalue weighted by Crippen LogP contribution is -2.44. The second-order valence-corrected chi connectivity index (χ2v) is 7.33. The van der Waals surface area contributed by atoms with E-state index in [0.717, 1.165) is 0 Å². The van der Waals surface area contributed by atoms with Crippen LogP contribution in [-0.2, 0) is 14.8 Å². The van der Waals surface area contributed by atoms with Crippen LogP contribution >= 0.6 is 15.9 Å². The second kappa shape index (κ2) is 5.88. The lowest BCUT2D eigenvalue weighted by Gasteiger charge is -2.30. The Balaban J connectivity index is 2.46. The molecule has 20 heavy (non-hydrogen) atoms. The number of hydrogen-bond acceptors (Lipinski definition) is 5. The van der Waals surface area contributed by atoms with E-state index >= 15 is 0 Å². The number of benzene rings is 1. The first-order valence-electron chi connectivity index (χ1n) is 6.11. The number of nitrogens with zero attached hydrogens (tertiary/aromatic N) is 1. The minimum Gasteiger partial charge on any atom is -0.495 e. The number of methoxy groups -OCH3 is 1. The van der Waals surface area contributed by atoms with Crippen LogP contribution in [0.1, 0.15) is 6.92 Å². The van der Waals surface area contributed by atoms with E-state index in [1.807, 2.05) is 6.92 Å². The molecule has 2 rings (SSSR count). The zero-order valence-electron chi connectivity index (χ0n) is 11.3. The van der Waals surface area contributed by atoms with Crippen LogP contribution < -0.4 is 10.5 Å². The summed E-state index contributed by atoms with van der Waals surface area (Å²) < 4.78 is 37.9. The fourth-order valence-corrected chi connectivity index (χ4v) is 4.05. The van der Waals surface area contributed by atoms with Gasteiger partial charge < -0.3 is 15.2 Å². The maximum atomic E-state index is 12.7. The predicted molar refractivity (Wildman–Crippen MR) is 79.3 cm³/mol. The lowest BCUT2D eigenvalue weighted by atomic mass is 10.3. The third kappa shape index (κ3) is 2.93. The van der Waals surface area contributed by atoms with Crippen molar-refractivity contribution >= 4 is 31.6 Å². The average molecular weight is 365 g/mol. The van der Waals surface area contributed by atoms with Gasteiger partial charge in [-0.15, -0.1) is 0 Å². The summed E-state index contributed by atoms with van der Waals surface area (Å²) in [6.07, 6.45) is -0.127. The molecule has 1 saturated heterocycles. The molecule has 1 aromatic rings. The Morgan fingerprint density at radius 1 is 1.50 bits per heavy atom. The fourth-order valence-electron chi connectivity index (χ4n) is 2.06. The van der Waals surface area contributed by atoms with Crippen molar-refractivity contribution < 1.29 is 17.9 Å². The van der Waals surface area contributed by atoms with Crippen LogP contribution in [0, 0.1) is 0 Å². The number of sulfonamides is 1. The topological polar surface area (TPSA) is 81.9 Å². The molecule has 1 aliphatic heterocycles. The molecular formula is C12H17BrN2O4S. The zero-order chi connectivity index (χ0) is 14.9. The minimum absolute atomic E-state index is 0.0785. The van der Waals surface area contributed by atoms with Gasteiger partial charge in [-0.05, 0) is 35.0 Å². The van der Waals surface area contributed by atoms with Crippen LogP contribution in [0.25, 0.3) is 0 Å². The van der Waals surface area contributed by atoms with Crippen molar-refractivity contribution in [3.63, 3.8) is 0 Å². The number of morpholine rings is 1. The maximum Gasteiger partial charge on any atom is 0.247 e. The summed E-state index contributed by atoms with van der Waals surface area (Å²) in [5, 5.41) is 0. The third-order valence-corrected chi connectivity index (χ3v) is 5.68. The van der Waals surface area contributed by atoms with Gasteiger partial charge >= 0.3 is 0 Å². The Morgan fingerprint density at radius 2 is 2.20 bits per heavy atom. The van der Waals surface area contributed by atoms with Crippen molar-refractivity contribution in [1.29, 1.82) is 0 Å². The average Bonchev–Trinajstić information content (AvgIpc) is 2.41. The van der Waals surface area contributed by atoms with E-state index in [-0.39, 0.29) is 16.7 Å². The SMILES string of the molecule is COc1cc(Br)c(N)cc1S(=O)(=O)N1CCOC(C)C1. The summed E-state index contributed by atoms with van der Waals surface area (Å²) >= 11 is 3.26. The highest BCUT2D eigenvalue weighted by molar-refractivity contribution is 9.10. The van der Waals surface area contributed by atoms with E-state index in [1.165, 1.54) is 17.5 Å². The Bertz CT molecular complexity index is 606. The highest BCUT2D eigenvalue weighted by Gasteiger charge is 2.32. The summed E-state index contributed by atoms with van der Waals surface area (Å²) in [5.41, 5.74) is 6.14. The molecular weight excluding hydrogens is 348 g/mol. The molecule has 0 aliphatic carbocycles. The van der Waals surface area contributed by atoms with E-state index in [2.05, 4.69) is 15.9 Å². The van der Waals surface area contributed by atoms with Gasteiger partial charge in [-0.1, -0.05) is 0 Å². The van der Waals surface area contributed by atoms with E-state index in [9.17, 15) is 8.42 Å². The minimum atomic E-state index is -3.65. The second-order valence-electron chi connectivity index (χ2n) is 4.57. The molecule has 2 N–H and O–H groups in total. The van der Waals surface area contributed by atoms with Gasteiger partial charge in [0.25, 0.3) is 0 Å². The first-order chi connectivity index (χ1) is 9.36. The number of hydrogen-bond donors (Lipinski definition) is 1. The molecule has 1 unspecified atom stereocenters. The van der Waals surface area contributed by atoms with Crippen LogP contribution in [0.15, 0.2) is 21.5 Å². The molecule has 1 aliphatic rings. The van der Waals surface area contributed by atoms with Gasteiger partial charge in [0.1, 0.15) is 10.6 Å². The van der Waals surface area contributed by atoms with Crippen LogP contribution in [-0.4, -0.2) is 45.6 Å². The number of ether oxygens (including phenoxy) is 2. The highest BCUT2D eigenvalue weighted by atomic mass is 79.9. The van der Waals surface area contributed by atoms with Crippen LogP contribution in [0.2, 0.25) is 0 Å². The molecule has 0 spiro atoms. The molecule has 1 fully saturated rings. The number of nitrogen functional groups attached to an aromatic ring is 1. The van der Waals surface area contributed by atoms with Crippen molar-refractivity contribution in [3.05, 3.63) is 16.6 Å². The van der Waals surface area contributed by atoms with Gasteiger partial charge in [-0.25, -0.2) is 8.42 Å². The summed E-state index contributed by atoms with van der Waals surface area (Å²) in [4.78, 5) is 0.0785. The van der Waals surface area contributed by atoms with Gasteiger partial charge in [0.2, 0.25) is 10.0 Å². The molecule has 0 amide bonds. The first-order valence-corrected chi connectivity index (χ1v) is 8.34. The van der Waals surface area contributed by atoms with Crippen molar-refractivity contribution in [3.8, 4) is 5.75 Å². The van der Waals surface area contributed by atoms with Crippen molar-refractivity contribution in [2.75, 3.05) is 32.5 Å². The Labute approximate surface area is 127 Å². The smallest absolute Gasteiger partial charge is 0.247 e. The molecule has 6 nitrogen and oxygen atoms in total. The quantitative estimate of drug-likeness (QED) is 0.820. The lowest BCUT2D eigenvalue weighted by molar-refractivity contribution is 0.0101. The standard InChI is InChI=1S/C12H17BrN2O4S/c1-8-7-15(3-4-19-8)20(16,17)12-6-10(14)9(13)5-11(12)18-2/h5-6,8H,3-4,7,14H2,1-2H3. The molecule has 0 saturated carbocycles. The van der Waals surface area contributed by atoms with Gasteiger partial charge in [-0.3, -0.25) is 0 Å². The molecule has 1 aromatic carbocycles. The van der Waals surface area contributed by atoms with Crippen molar-refractivity contribution in [2.45, 2.75) is 17.9 Å². The summed E-state index contributed by atoms with van der Waals surface area (Å²) in [6.45, 7) is 2.87. The Hall–Kier alpha value is -0.830. The molecule has 0 aromatic heterocycles. The van der Waals surface area contributed by atoms with E-state index in [4.69, 9.17) is 15.2 Å². The molecule has 1 heterocycles. The maximum absolute atomic E-state index is 12.7. The number of nitrogens with two attached hydrogens (primary N) is 1. The fraction of sp³-hybridized carbons (Fsp3) is 0.500. The van der Waals surface area contributed by atoms with Gasteiger partial charge in [0, 0.05) is 23.2 Å². The van der Waals surface area contributed by atoms with Gasteiger partial charge in [0.15, 0.2) is 0 Å². The summed E-state index contributed by atoms with van der Waals surface area (Å²) in [5.74, 6) is 0.269. The molecule has 0 radical (unpaired) electrons. The molecule has 0 bridgehead atoms. The van der Waals surface area contributed by atoms with Crippen LogP contribution in [0.4, 0.5) is 5.69 Å². The largest absolute Gasteiger partial charge is 0.495 e. The highest BCUT2D eigenvalue weighted by Crippen LogP contribution is 2.34. The normalized spacial score (nSPS) is 20.9. The molecule has 8 heteroatoms. The van der Waals surface area contributed by atoms with Crippen molar-refractivity contribution in [2.24, 2.45) is 0 Å². The number of rotatable bonds is 3. The van der Waals surface area contributed by atoms with E-state index in [0.29, 0.717) is 29.9 Å². The van der Waals surface area contributed by atoms with E-state index < -0.39 is 10.0 Å². The number of halogens is 1. The van der Waals surface area contributed by atoms with Gasteiger partial charge in [0.05, 0.1) is 19.8 Å². The monoisotopic (exact) mass is 364 g/mol. The first kappa shape index (κ1) is 15.6. The van der Waals surface area contributed by atoms with Crippen LogP contribution in [0.3, 0.4) is 0 Å². The third-order valence-electron chi connectivity index (χ3n) is 3.10. The Morgan fingerprint density at radius 3 is 2.80 bits per heavy atom. The summed E-state index contributed by atoms with van der Waals surface area (Å²) in [7, 11) is -2.22. The number of anilines is 1. The molecule has 112 valence electrons. The van der Waals surface area contributed by atoms with Crippen molar-refractivity contribution in [1.82, 2.24) is 4.31 Å². The van der Waals surface area contributed by atoms with Gasteiger partial charge in [-0.2, -0.15) is 4.31 Å². The zero-order valence-corrected chi connectivity index (χ0v) is 13.7. The predicted octanol–water partition coefficient (Wildman–Crippen LogP) is 1.45. The Kier molecular flexibility index (Phi) is 4.58. The van der Waals surface area contributed by atoms with E-state index in [1.54, 1.807) is 6.07 Å².